The molecule has 0 heterocycles. The average Bonchev–Trinajstić information content (AvgIpc) is 2.46. The number of anilines is 1. The van der Waals surface area contributed by atoms with E-state index in [2.05, 4.69) is 0 Å². The predicted molar refractivity (Wildman–Crippen MR) is 80.1 cm³/mol. The number of nitrogen functional groups attached to an aromatic ring is 1. The molecule has 19 heavy (non-hydrogen) atoms. The van der Waals surface area contributed by atoms with Gasteiger partial charge in [0, 0.05) is 16.3 Å². The summed E-state index contributed by atoms with van der Waals surface area (Å²) in [6.07, 6.45) is 0. The van der Waals surface area contributed by atoms with Crippen LogP contribution in [0.25, 0.3) is 0 Å². The first kappa shape index (κ1) is 13.6. The second kappa shape index (κ2) is 6.95. The zero-order valence-electron chi connectivity index (χ0n) is 10.8. The van der Waals surface area contributed by atoms with Crippen molar-refractivity contribution in [3.8, 4) is 11.5 Å². The normalized spacial score (nSPS) is 10.2. The van der Waals surface area contributed by atoms with Gasteiger partial charge in [0.2, 0.25) is 0 Å². The lowest BCUT2D eigenvalue weighted by Gasteiger charge is -2.08. The first-order valence-electron chi connectivity index (χ1n) is 6.04. The lowest BCUT2D eigenvalue weighted by atomic mass is 10.3. The third-order valence-electron chi connectivity index (χ3n) is 2.59. The Balaban J connectivity index is 1.76. The summed E-state index contributed by atoms with van der Waals surface area (Å²) in [5, 5.41) is 0. The van der Waals surface area contributed by atoms with E-state index in [0.29, 0.717) is 6.61 Å². The summed E-state index contributed by atoms with van der Waals surface area (Å²) in [6.45, 7) is 0.644. The second-order valence-electron chi connectivity index (χ2n) is 3.91. The summed E-state index contributed by atoms with van der Waals surface area (Å²) in [5.41, 5.74) is 6.69. The average molecular weight is 275 g/mol. The maximum atomic E-state index is 5.87. The van der Waals surface area contributed by atoms with E-state index in [1.165, 1.54) is 0 Å². The lowest BCUT2D eigenvalue weighted by Crippen LogP contribution is -2.00. The molecule has 0 aliphatic carbocycles. The Morgan fingerprint density at radius 1 is 1.00 bits per heavy atom. The molecule has 0 atom stereocenters. The first-order chi connectivity index (χ1) is 9.29. The number of thioether (sulfide) groups is 1. The molecule has 2 N–H and O–H groups in total. The predicted octanol–water partition coefficient (Wildman–Crippen LogP) is 3.45. The van der Waals surface area contributed by atoms with Crippen molar-refractivity contribution in [2.24, 2.45) is 0 Å². The van der Waals surface area contributed by atoms with Crippen molar-refractivity contribution >= 4 is 17.4 Å². The Morgan fingerprint density at radius 3 is 2.37 bits per heavy atom. The van der Waals surface area contributed by atoms with Crippen molar-refractivity contribution in [1.82, 2.24) is 0 Å². The molecule has 2 aromatic carbocycles. The number of hydrogen-bond donors (Lipinski definition) is 1. The van der Waals surface area contributed by atoms with Crippen LogP contribution in [-0.4, -0.2) is 19.5 Å². The molecule has 100 valence electrons. The van der Waals surface area contributed by atoms with E-state index in [4.69, 9.17) is 15.2 Å². The van der Waals surface area contributed by atoms with Gasteiger partial charge in [0.1, 0.15) is 11.5 Å². The molecule has 4 heteroatoms. The van der Waals surface area contributed by atoms with Crippen LogP contribution in [0.5, 0.6) is 11.5 Å². The Labute approximate surface area is 117 Å². The molecule has 2 rings (SSSR count). The third kappa shape index (κ3) is 4.10. The van der Waals surface area contributed by atoms with Gasteiger partial charge in [-0.15, -0.1) is 11.8 Å². The van der Waals surface area contributed by atoms with E-state index >= 15 is 0 Å². The van der Waals surface area contributed by atoms with E-state index in [1.807, 2.05) is 48.5 Å². The molecule has 3 nitrogen and oxygen atoms in total. The van der Waals surface area contributed by atoms with E-state index in [0.717, 1.165) is 27.8 Å². The number of benzene rings is 2. The van der Waals surface area contributed by atoms with Crippen LogP contribution in [0.4, 0.5) is 5.69 Å². The van der Waals surface area contributed by atoms with Crippen molar-refractivity contribution in [1.29, 1.82) is 0 Å². The molecule has 0 spiro atoms. The number of ether oxygens (including phenoxy) is 2. The minimum atomic E-state index is 0.644. The van der Waals surface area contributed by atoms with Gasteiger partial charge in [-0.3, -0.25) is 0 Å². The fraction of sp³-hybridized carbons (Fsp3) is 0.200. The lowest BCUT2D eigenvalue weighted by molar-refractivity contribution is 0.342. The second-order valence-corrected chi connectivity index (χ2v) is 5.05. The van der Waals surface area contributed by atoms with Crippen LogP contribution in [-0.2, 0) is 0 Å². The zero-order valence-corrected chi connectivity index (χ0v) is 11.7. The van der Waals surface area contributed by atoms with Gasteiger partial charge in [-0.2, -0.15) is 0 Å². The maximum absolute atomic E-state index is 5.87. The standard InChI is InChI=1S/C15H17NO2S/c1-17-12-6-8-13(9-7-12)18-10-11-19-15-5-3-2-4-14(15)16/h2-9H,10-11,16H2,1H3. The van der Waals surface area contributed by atoms with Gasteiger partial charge in [0.05, 0.1) is 13.7 Å². The number of nitrogens with two attached hydrogens (primary N) is 1. The van der Waals surface area contributed by atoms with Gasteiger partial charge in [0.25, 0.3) is 0 Å². The van der Waals surface area contributed by atoms with Crippen LogP contribution in [0.1, 0.15) is 0 Å². The highest BCUT2D eigenvalue weighted by Gasteiger charge is 1.99. The molecule has 0 saturated carbocycles. The number of para-hydroxylation sites is 1. The van der Waals surface area contributed by atoms with Crippen LogP contribution in [0.2, 0.25) is 0 Å². The molecule has 0 unspecified atom stereocenters. The minimum Gasteiger partial charge on any atom is -0.497 e. The third-order valence-corrected chi connectivity index (χ3v) is 3.64. The minimum absolute atomic E-state index is 0.644. The fourth-order valence-electron chi connectivity index (χ4n) is 1.60. The van der Waals surface area contributed by atoms with Gasteiger partial charge in [-0.1, -0.05) is 12.1 Å². The van der Waals surface area contributed by atoms with E-state index in [9.17, 15) is 0 Å². The van der Waals surface area contributed by atoms with Gasteiger partial charge < -0.3 is 15.2 Å². The van der Waals surface area contributed by atoms with Crippen molar-refractivity contribution in [3.63, 3.8) is 0 Å². The van der Waals surface area contributed by atoms with Crippen molar-refractivity contribution in [2.75, 3.05) is 25.2 Å². The zero-order chi connectivity index (χ0) is 13.5. The van der Waals surface area contributed by atoms with Gasteiger partial charge in [-0.25, -0.2) is 0 Å². The van der Waals surface area contributed by atoms with Crippen molar-refractivity contribution in [3.05, 3.63) is 48.5 Å². The van der Waals surface area contributed by atoms with Crippen LogP contribution in [0.15, 0.2) is 53.4 Å². The van der Waals surface area contributed by atoms with Crippen LogP contribution < -0.4 is 15.2 Å². The Morgan fingerprint density at radius 2 is 1.68 bits per heavy atom. The number of rotatable bonds is 6. The van der Waals surface area contributed by atoms with Crippen molar-refractivity contribution < 1.29 is 9.47 Å². The summed E-state index contributed by atoms with van der Waals surface area (Å²) in [7, 11) is 1.65. The number of hydrogen-bond acceptors (Lipinski definition) is 4. The first-order valence-corrected chi connectivity index (χ1v) is 7.02. The molecule has 0 aliphatic rings. The highest BCUT2D eigenvalue weighted by atomic mass is 32.2. The molecule has 0 radical (unpaired) electrons. The summed E-state index contributed by atoms with van der Waals surface area (Å²) in [6, 6.07) is 15.4. The van der Waals surface area contributed by atoms with Crippen LogP contribution in [0, 0.1) is 0 Å². The van der Waals surface area contributed by atoms with E-state index < -0.39 is 0 Å². The molecule has 0 fully saturated rings. The number of methoxy groups -OCH3 is 1. The monoisotopic (exact) mass is 275 g/mol. The van der Waals surface area contributed by atoms with Gasteiger partial charge >= 0.3 is 0 Å². The molecule has 2 aromatic rings. The molecule has 0 amide bonds. The Kier molecular flexibility index (Phi) is 4.98. The molecule has 0 aliphatic heterocycles. The molecular formula is C15H17NO2S. The molecular weight excluding hydrogens is 258 g/mol. The maximum Gasteiger partial charge on any atom is 0.119 e. The summed E-state index contributed by atoms with van der Waals surface area (Å²) < 4.78 is 10.7. The summed E-state index contributed by atoms with van der Waals surface area (Å²) in [5.74, 6) is 2.54. The molecule has 0 bridgehead atoms. The molecule has 0 aromatic heterocycles. The quantitative estimate of drug-likeness (QED) is 0.498. The topological polar surface area (TPSA) is 44.5 Å². The van der Waals surface area contributed by atoms with Crippen LogP contribution >= 0.6 is 11.8 Å². The van der Waals surface area contributed by atoms with Gasteiger partial charge in [0.15, 0.2) is 0 Å². The van der Waals surface area contributed by atoms with Crippen LogP contribution in [0.3, 0.4) is 0 Å². The highest BCUT2D eigenvalue weighted by molar-refractivity contribution is 7.99. The highest BCUT2D eigenvalue weighted by Crippen LogP contribution is 2.24. The smallest absolute Gasteiger partial charge is 0.119 e. The SMILES string of the molecule is COc1ccc(OCCSc2ccccc2N)cc1. The summed E-state index contributed by atoms with van der Waals surface area (Å²) in [4.78, 5) is 1.10. The van der Waals surface area contributed by atoms with Crippen molar-refractivity contribution in [2.45, 2.75) is 4.90 Å². The largest absolute Gasteiger partial charge is 0.497 e. The Bertz CT molecular complexity index is 514. The van der Waals surface area contributed by atoms with Gasteiger partial charge in [-0.05, 0) is 36.4 Å². The fourth-order valence-corrected chi connectivity index (χ4v) is 2.39. The van der Waals surface area contributed by atoms with E-state index in [1.54, 1.807) is 18.9 Å². The van der Waals surface area contributed by atoms with E-state index in [-0.39, 0.29) is 0 Å². The molecule has 0 saturated heterocycles. The Hall–Kier alpha value is -1.81. The summed E-state index contributed by atoms with van der Waals surface area (Å²) >= 11 is 1.70.